The van der Waals surface area contributed by atoms with Gasteiger partial charge in [-0.1, -0.05) is 6.07 Å². The van der Waals surface area contributed by atoms with Crippen molar-refractivity contribution in [1.29, 1.82) is 0 Å². The molecule has 140 valence electrons. The summed E-state index contributed by atoms with van der Waals surface area (Å²) in [6, 6.07) is 3.85. The molecule has 2 amide bonds. The van der Waals surface area contributed by atoms with Crippen LogP contribution in [0.25, 0.3) is 5.82 Å². The minimum atomic E-state index is -0.0327. The Bertz CT molecular complexity index is 848. The third kappa shape index (κ3) is 4.25. The van der Waals surface area contributed by atoms with Gasteiger partial charge in [-0.25, -0.2) is 19.7 Å². The molecular weight excluding hydrogens is 362 g/mol. The van der Waals surface area contributed by atoms with Crippen LogP contribution in [0.2, 0.25) is 0 Å². The van der Waals surface area contributed by atoms with E-state index in [-0.39, 0.29) is 6.03 Å². The van der Waals surface area contributed by atoms with Gasteiger partial charge in [0.25, 0.3) is 0 Å². The van der Waals surface area contributed by atoms with Crippen LogP contribution in [0.1, 0.15) is 12.0 Å². The summed E-state index contributed by atoms with van der Waals surface area (Å²) in [5.74, 6) is 0.803. The third-order valence-electron chi connectivity index (χ3n) is 4.49. The molecule has 1 saturated heterocycles. The SMILES string of the molecule is O=C(NCc1ccc(-n2ccnc2)nc1)N1CCCN(c2nccs2)CC1. The predicted octanol–water partition coefficient (Wildman–Crippen LogP) is 2.15. The average molecular weight is 383 g/mol. The zero-order chi connectivity index (χ0) is 18.5. The zero-order valence-electron chi connectivity index (χ0n) is 14.9. The monoisotopic (exact) mass is 383 g/mol. The number of amides is 2. The molecule has 0 aliphatic carbocycles. The summed E-state index contributed by atoms with van der Waals surface area (Å²) in [7, 11) is 0. The zero-order valence-corrected chi connectivity index (χ0v) is 15.7. The summed E-state index contributed by atoms with van der Waals surface area (Å²) in [5.41, 5.74) is 0.964. The molecule has 0 bridgehead atoms. The van der Waals surface area contributed by atoms with Crippen LogP contribution in [0.15, 0.2) is 48.6 Å². The van der Waals surface area contributed by atoms with E-state index in [4.69, 9.17) is 0 Å². The Morgan fingerprint density at radius 2 is 2.11 bits per heavy atom. The third-order valence-corrected chi connectivity index (χ3v) is 5.33. The van der Waals surface area contributed by atoms with Gasteiger partial charge in [0.2, 0.25) is 0 Å². The first kappa shape index (κ1) is 17.5. The van der Waals surface area contributed by atoms with Crippen molar-refractivity contribution >= 4 is 22.5 Å². The van der Waals surface area contributed by atoms with Crippen molar-refractivity contribution in [1.82, 2.24) is 29.7 Å². The van der Waals surface area contributed by atoms with Gasteiger partial charge in [0.15, 0.2) is 5.13 Å². The average Bonchev–Trinajstić information content (AvgIpc) is 3.38. The van der Waals surface area contributed by atoms with Gasteiger partial charge < -0.3 is 15.1 Å². The first-order chi connectivity index (χ1) is 13.3. The number of aromatic nitrogens is 4. The lowest BCUT2D eigenvalue weighted by atomic mass is 10.3. The number of anilines is 1. The molecule has 8 nitrogen and oxygen atoms in total. The van der Waals surface area contributed by atoms with Gasteiger partial charge >= 0.3 is 6.03 Å². The van der Waals surface area contributed by atoms with Crippen LogP contribution in [0.5, 0.6) is 0 Å². The molecule has 1 aliphatic heterocycles. The van der Waals surface area contributed by atoms with Crippen molar-refractivity contribution in [3.63, 3.8) is 0 Å². The van der Waals surface area contributed by atoms with Crippen LogP contribution in [0.4, 0.5) is 9.93 Å². The highest BCUT2D eigenvalue weighted by atomic mass is 32.1. The summed E-state index contributed by atoms with van der Waals surface area (Å²) >= 11 is 1.64. The van der Waals surface area contributed by atoms with Crippen molar-refractivity contribution in [2.24, 2.45) is 0 Å². The van der Waals surface area contributed by atoms with Crippen LogP contribution in [-0.2, 0) is 6.54 Å². The number of carbonyl (C=O) groups excluding carboxylic acids is 1. The van der Waals surface area contributed by atoms with Gasteiger partial charge in [0, 0.05) is 62.9 Å². The maximum absolute atomic E-state index is 12.5. The molecule has 27 heavy (non-hydrogen) atoms. The first-order valence-electron chi connectivity index (χ1n) is 8.90. The van der Waals surface area contributed by atoms with Crippen molar-refractivity contribution in [2.75, 3.05) is 31.1 Å². The Morgan fingerprint density at radius 3 is 2.85 bits per heavy atom. The van der Waals surface area contributed by atoms with E-state index >= 15 is 0 Å². The van der Waals surface area contributed by atoms with E-state index in [1.165, 1.54) is 0 Å². The van der Waals surface area contributed by atoms with Crippen LogP contribution in [0, 0.1) is 0 Å². The summed E-state index contributed by atoms with van der Waals surface area (Å²) in [5, 5.41) is 6.01. The smallest absolute Gasteiger partial charge is 0.317 e. The second-order valence-corrected chi connectivity index (χ2v) is 7.17. The van der Waals surface area contributed by atoms with Crippen molar-refractivity contribution in [3.8, 4) is 5.82 Å². The molecule has 3 aromatic rings. The highest BCUT2D eigenvalue weighted by molar-refractivity contribution is 7.13. The van der Waals surface area contributed by atoms with E-state index in [0.29, 0.717) is 13.1 Å². The number of rotatable bonds is 4. The van der Waals surface area contributed by atoms with Gasteiger partial charge in [0.05, 0.1) is 0 Å². The number of hydrogen-bond acceptors (Lipinski definition) is 6. The Hall–Kier alpha value is -2.94. The maximum atomic E-state index is 12.5. The van der Waals surface area contributed by atoms with Crippen LogP contribution >= 0.6 is 11.3 Å². The lowest BCUT2D eigenvalue weighted by Crippen LogP contribution is -2.41. The minimum Gasteiger partial charge on any atom is -0.346 e. The van der Waals surface area contributed by atoms with Gasteiger partial charge in [-0.15, -0.1) is 11.3 Å². The number of hydrogen-bond donors (Lipinski definition) is 1. The maximum Gasteiger partial charge on any atom is 0.317 e. The second kappa shape index (κ2) is 8.17. The summed E-state index contributed by atoms with van der Waals surface area (Å²) in [6.45, 7) is 3.65. The Kier molecular flexibility index (Phi) is 5.29. The number of urea groups is 1. The molecule has 0 spiro atoms. The molecule has 0 saturated carbocycles. The molecule has 3 aromatic heterocycles. The summed E-state index contributed by atoms with van der Waals surface area (Å²) in [6.07, 6.45) is 9.81. The highest BCUT2D eigenvalue weighted by Gasteiger charge is 2.20. The number of nitrogens with zero attached hydrogens (tertiary/aromatic N) is 6. The fourth-order valence-electron chi connectivity index (χ4n) is 3.04. The molecule has 4 rings (SSSR count). The molecule has 1 fully saturated rings. The standard InChI is InChI=1S/C18H21N7OS/c26-17(23-6-1-7-24(10-9-23)18-20-5-11-27-18)22-13-15-2-3-16(21-12-15)25-8-4-19-14-25/h2-5,8,11-12,14H,1,6-7,9-10,13H2,(H,22,26). The molecule has 9 heteroatoms. The summed E-state index contributed by atoms with van der Waals surface area (Å²) < 4.78 is 1.84. The number of pyridine rings is 1. The van der Waals surface area contributed by atoms with Crippen LogP contribution < -0.4 is 10.2 Å². The number of carbonyl (C=O) groups is 1. The number of imidazole rings is 1. The van der Waals surface area contributed by atoms with Crippen molar-refractivity contribution in [2.45, 2.75) is 13.0 Å². The molecule has 0 atom stereocenters. The molecular formula is C18H21N7OS. The van der Waals surface area contributed by atoms with Gasteiger partial charge in [-0.3, -0.25) is 4.57 Å². The molecule has 4 heterocycles. The van der Waals surface area contributed by atoms with E-state index in [9.17, 15) is 4.79 Å². The minimum absolute atomic E-state index is 0.0327. The Balaban J connectivity index is 1.29. The van der Waals surface area contributed by atoms with E-state index in [1.54, 1.807) is 30.1 Å². The topological polar surface area (TPSA) is 79.2 Å². The van der Waals surface area contributed by atoms with Gasteiger partial charge in [-0.05, 0) is 18.1 Å². The predicted molar refractivity (Wildman–Crippen MR) is 104 cm³/mol. The lowest BCUT2D eigenvalue weighted by Gasteiger charge is -2.22. The van der Waals surface area contributed by atoms with Crippen LogP contribution in [0.3, 0.4) is 0 Å². The van der Waals surface area contributed by atoms with E-state index in [2.05, 4.69) is 25.2 Å². The molecule has 1 aliphatic rings. The normalized spacial score (nSPS) is 14.8. The quantitative estimate of drug-likeness (QED) is 0.747. The lowest BCUT2D eigenvalue weighted by molar-refractivity contribution is 0.201. The number of thiazole rings is 1. The van der Waals surface area contributed by atoms with Crippen molar-refractivity contribution < 1.29 is 4.79 Å². The molecule has 0 aromatic carbocycles. The van der Waals surface area contributed by atoms with Gasteiger partial charge in [0.1, 0.15) is 12.1 Å². The second-order valence-electron chi connectivity index (χ2n) is 6.30. The largest absolute Gasteiger partial charge is 0.346 e. The van der Waals surface area contributed by atoms with E-state index in [1.807, 2.05) is 39.4 Å². The number of nitrogens with one attached hydrogen (secondary N) is 1. The fourth-order valence-corrected chi connectivity index (χ4v) is 3.74. The Labute approximate surface area is 161 Å². The molecule has 1 N–H and O–H groups in total. The van der Waals surface area contributed by atoms with E-state index < -0.39 is 0 Å². The van der Waals surface area contributed by atoms with E-state index in [0.717, 1.165) is 42.6 Å². The van der Waals surface area contributed by atoms with Gasteiger partial charge in [-0.2, -0.15) is 0 Å². The van der Waals surface area contributed by atoms with Crippen molar-refractivity contribution in [3.05, 3.63) is 54.2 Å². The first-order valence-corrected chi connectivity index (χ1v) is 9.78. The highest BCUT2D eigenvalue weighted by Crippen LogP contribution is 2.19. The summed E-state index contributed by atoms with van der Waals surface area (Å²) in [4.78, 5) is 29.4. The molecule has 0 radical (unpaired) electrons. The Morgan fingerprint density at radius 1 is 1.15 bits per heavy atom. The fraction of sp³-hybridized carbons (Fsp3) is 0.333. The molecule has 0 unspecified atom stereocenters. The van der Waals surface area contributed by atoms with Crippen LogP contribution in [-0.4, -0.2) is 56.6 Å².